The first-order valence-corrected chi connectivity index (χ1v) is 10.6. The van der Waals surface area contributed by atoms with Crippen molar-refractivity contribution in [3.63, 3.8) is 0 Å². The summed E-state index contributed by atoms with van der Waals surface area (Å²) < 4.78 is 12.7. The van der Waals surface area contributed by atoms with Gasteiger partial charge in [-0.3, -0.25) is 4.79 Å². The number of methoxy groups -OCH3 is 2. The highest BCUT2D eigenvalue weighted by Gasteiger charge is 2.25. The summed E-state index contributed by atoms with van der Waals surface area (Å²) in [7, 11) is 3.34. The molecule has 1 saturated heterocycles. The van der Waals surface area contributed by atoms with Gasteiger partial charge in [-0.2, -0.15) is 0 Å². The second-order valence-electron chi connectivity index (χ2n) is 7.69. The predicted molar refractivity (Wildman–Crippen MR) is 122 cm³/mol. The normalized spacial score (nSPS) is 14.9. The van der Waals surface area contributed by atoms with Crippen molar-refractivity contribution in [1.29, 1.82) is 0 Å². The molecule has 0 saturated carbocycles. The zero-order valence-electron chi connectivity index (χ0n) is 18.1. The van der Waals surface area contributed by atoms with Gasteiger partial charge in [0.1, 0.15) is 11.5 Å². The van der Waals surface area contributed by atoms with Gasteiger partial charge in [0.2, 0.25) is 5.91 Å². The molecule has 1 aliphatic rings. The lowest BCUT2D eigenvalue weighted by Gasteiger charge is -2.37. The van der Waals surface area contributed by atoms with Gasteiger partial charge in [-0.15, -0.1) is 0 Å². The molecule has 0 spiro atoms. The standard InChI is InChI=1S/C25H29N3O3/c1-30-22-10-8-20(9-11-22)24(27-12-3-4-13-27)19-25(29)28-16-14-26(15-17-28)21-6-5-7-23(18-21)31-2/h3-13,18,24H,14-17,19H2,1-2H3/t24-/m1/s1. The van der Waals surface area contributed by atoms with Gasteiger partial charge in [-0.1, -0.05) is 18.2 Å². The monoisotopic (exact) mass is 419 g/mol. The number of carbonyl (C=O) groups is 1. The minimum atomic E-state index is -0.0372. The van der Waals surface area contributed by atoms with Crippen LogP contribution in [0.15, 0.2) is 73.1 Å². The molecule has 1 aliphatic heterocycles. The highest BCUT2D eigenvalue weighted by atomic mass is 16.5. The van der Waals surface area contributed by atoms with E-state index in [1.807, 2.05) is 71.9 Å². The fourth-order valence-electron chi connectivity index (χ4n) is 4.09. The van der Waals surface area contributed by atoms with Crippen molar-refractivity contribution in [3.05, 3.63) is 78.6 Å². The number of hydrogen-bond donors (Lipinski definition) is 0. The maximum atomic E-state index is 13.2. The summed E-state index contributed by atoms with van der Waals surface area (Å²) in [4.78, 5) is 17.5. The number of hydrogen-bond acceptors (Lipinski definition) is 4. The largest absolute Gasteiger partial charge is 0.497 e. The third-order valence-electron chi connectivity index (χ3n) is 5.91. The molecule has 0 N–H and O–H groups in total. The summed E-state index contributed by atoms with van der Waals surface area (Å²) in [6.45, 7) is 3.07. The van der Waals surface area contributed by atoms with E-state index in [2.05, 4.69) is 15.5 Å². The zero-order valence-corrected chi connectivity index (χ0v) is 18.1. The molecule has 6 nitrogen and oxygen atoms in total. The molecule has 1 fully saturated rings. The Morgan fingerprint density at radius 2 is 1.55 bits per heavy atom. The Morgan fingerprint density at radius 3 is 2.19 bits per heavy atom. The summed E-state index contributed by atoms with van der Waals surface area (Å²) in [6, 6.07) is 20.0. The SMILES string of the molecule is COc1ccc([C@@H](CC(=O)N2CCN(c3cccc(OC)c3)CC2)n2cccc2)cc1. The molecule has 4 rings (SSSR count). The molecular weight excluding hydrogens is 390 g/mol. The second kappa shape index (κ2) is 9.60. The van der Waals surface area contributed by atoms with Gasteiger partial charge in [0, 0.05) is 50.3 Å². The van der Waals surface area contributed by atoms with Crippen LogP contribution in [0, 0.1) is 0 Å². The van der Waals surface area contributed by atoms with Gasteiger partial charge < -0.3 is 23.8 Å². The first-order chi connectivity index (χ1) is 15.2. The highest BCUT2D eigenvalue weighted by Crippen LogP contribution is 2.27. The Hall–Kier alpha value is -3.41. The van der Waals surface area contributed by atoms with Crippen molar-refractivity contribution in [2.75, 3.05) is 45.3 Å². The van der Waals surface area contributed by atoms with Crippen molar-refractivity contribution in [1.82, 2.24) is 9.47 Å². The molecular formula is C25H29N3O3. The number of rotatable bonds is 7. The van der Waals surface area contributed by atoms with E-state index in [-0.39, 0.29) is 11.9 Å². The molecule has 3 aromatic rings. The van der Waals surface area contributed by atoms with E-state index in [9.17, 15) is 4.79 Å². The van der Waals surface area contributed by atoms with Crippen LogP contribution in [0.5, 0.6) is 11.5 Å². The molecule has 2 aromatic carbocycles. The molecule has 0 aliphatic carbocycles. The molecule has 6 heteroatoms. The third kappa shape index (κ3) is 4.85. The average molecular weight is 420 g/mol. The van der Waals surface area contributed by atoms with E-state index in [4.69, 9.17) is 9.47 Å². The summed E-state index contributed by atoms with van der Waals surface area (Å²) in [6.07, 6.45) is 4.46. The molecule has 31 heavy (non-hydrogen) atoms. The summed E-state index contributed by atoms with van der Waals surface area (Å²) in [5.74, 6) is 1.85. The van der Waals surface area contributed by atoms with Crippen LogP contribution in [0.1, 0.15) is 18.0 Å². The molecule has 2 heterocycles. The predicted octanol–water partition coefficient (Wildman–Crippen LogP) is 3.83. The van der Waals surface area contributed by atoms with Gasteiger partial charge in [-0.25, -0.2) is 0 Å². The van der Waals surface area contributed by atoms with Gasteiger partial charge in [0.15, 0.2) is 0 Å². The van der Waals surface area contributed by atoms with Crippen LogP contribution < -0.4 is 14.4 Å². The van der Waals surface area contributed by atoms with E-state index in [1.165, 1.54) is 0 Å². The lowest BCUT2D eigenvalue weighted by molar-refractivity contribution is -0.132. The number of aromatic nitrogens is 1. The Morgan fingerprint density at radius 1 is 0.871 bits per heavy atom. The number of ether oxygens (including phenoxy) is 2. The highest BCUT2D eigenvalue weighted by molar-refractivity contribution is 5.77. The van der Waals surface area contributed by atoms with Crippen LogP contribution in [0.4, 0.5) is 5.69 Å². The Bertz CT molecular complexity index is 978. The van der Waals surface area contributed by atoms with Crippen molar-refractivity contribution in [2.24, 2.45) is 0 Å². The molecule has 1 atom stereocenters. The fourth-order valence-corrected chi connectivity index (χ4v) is 4.09. The molecule has 0 radical (unpaired) electrons. The number of benzene rings is 2. The van der Waals surface area contributed by atoms with Crippen LogP contribution in [0.2, 0.25) is 0 Å². The summed E-state index contributed by atoms with van der Waals surface area (Å²) >= 11 is 0. The lowest BCUT2D eigenvalue weighted by atomic mass is 10.0. The van der Waals surface area contributed by atoms with E-state index < -0.39 is 0 Å². The number of carbonyl (C=O) groups excluding carboxylic acids is 1. The molecule has 0 bridgehead atoms. The average Bonchev–Trinajstić information content (AvgIpc) is 3.37. The topological polar surface area (TPSA) is 46.9 Å². The van der Waals surface area contributed by atoms with Gasteiger partial charge in [0.25, 0.3) is 0 Å². The first kappa shape index (κ1) is 20.8. The van der Waals surface area contributed by atoms with Crippen LogP contribution in [-0.4, -0.2) is 55.8 Å². The van der Waals surface area contributed by atoms with Crippen LogP contribution in [0.3, 0.4) is 0 Å². The van der Waals surface area contributed by atoms with Crippen molar-refractivity contribution in [3.8, 4) is 11.5 Å². The molecule has 1 amide bonds. The number of amides is 1. The fraction of sp³-hybridized carbons (Fsp3) is 0.320. The molecule has 1 aromatic heterocycles. The number of nitrogens with zero attached hydrogens (tertiary/aromatic N) is 3. The first-order valence-electron chi connectivity index (χ1n) is 10.6. The van der Waals surface area contributed by atoms with E-state index in [1.54, 1.807) is 14.2 Å². The van der Waals surface area contributed by atoms with Gasteiger partial charge in [0.05, 0.1) is 26.7 Å². The summed E-state index contributed by atoms with van der Waals surface area (Å²) in [5.41, 5.74) is 2.23. The quantitative estimate of drug-likeness (QED) is 0.584. The van der Waals surface area contributed by atoms with E-state index in [0.29, 0.717) is 6.42 Å². The van der Waals surface area contributed by atoms with Gasteiger partial charge >= 0.3 is 0 Å². The Labute approximate surface area is 183 Å². The lowest BCUT2D eigenvalue weighted by Crippen LogP contribution is -2.49. The minimum absolute atomic E-state index is 0.0372. The molecule has 0 unspecified atom stereocenters. The summed E-state index contributed by atoms with van der Waals surface area (Å²) in [5, 5.41) is 0. The third-order valence-corrected chi connectivity index (χ3v) is 5.91. The van der Waals surface area contributed by atoms with Crippen molar-refractivity contribution in [2.45, 2.75) is 12.5 Å². The maximum absolute atomic E-state index is 13.2. The van der Waals surface area contributed by atoms with Crippen molar-refractivity contribution < 1.29 is 14.3 Å². The van der Waals surface area contributed by atoms with Crippen LogP contribution in [0.25, 0.3) is 0 Å². The Balaban J connectivity index is 1.42. The van der Waals surface area contributed by atoms with Crippen LogP contribution >= 0.6 is 0 Å². The second-order valence-corrected chi connectivity index (χ2v) is 7.69. The minimum Gasteiger partial charge on any atom is -0.497 e. The zero-order chi connectivity index (χ0) is 21.6. The van der Waals surface area contributed by atoms with E-state index >= 15 is 0 Å². The number of piperazine rings is 1. The smallest absolute Gasteiger partial charge is 0.225 e. The Kier molecular flexibility index (Phi) is 6.46. The molecule has 162 valence electrons. The van der Waals surface area contributed by atoms with E-state index in [0.717, 1.165) is 48.9 Å². The van der Waals surface area contributed by atoms with Crippen LogP contribution in [-0.2, 0) is 4.79 Å². The number of anilines is 1. The van der Waals surface area contributed by atoms with Crippen molar-refractivity contribution >= 4 is 11.6 Å². The van der Waals surface area contributed by atoms with Gasteiger partial charge in [-0.05, 0) is 42.0 Å². The maximum Gasteiger partial charge on any atom is 0.225 e.